The molecule has 0 heterocycles. The molecular weight excluding hydrogens is 216 g/mol. The van der Waals surface area contributed by atoms with E-state index in [4.69, 9.17) is 27.4 Å². The highest BCUT2D eigenvalue weighted by atomic mass is 16.4. The van der Waals surface area contributed by atoms with Crippen molar-refractivity contribution in [3.05, 3.63) is 0 Å². The topological polar surface area (TPSA) is 165 Å². The van der Waals surface area contributed by atoms with E-state index < -0.39 is 23.9 Å². The largest absolute Gasteiger partial charge is 0.481 e. The fraction of sp³-hybridized carbons (Fsp3) is 0.625. The van der Waals surface area contributed by atoms with Crippen molar-refractivity contribution in [3.8, 4) is 0 Å². The maximum absolute atomic E-state index is 10.8. The summed E-state index contributed by atoms with van der Waals surface area (Å²) >= 11 is 0. The first-order chi connectivity index (χ1) is 7.28. The zero-order valence-corrected chi connectivity index (χ0v) is 8.72. The summed E-state index contributed by atoms with van der Waals surface area (Å²) in [7, 11) is 0. The standard InChI is InChI=1S/C8H16N4O4/c9-7(10)12-3-1-2-8(11,6(15)16)4-5(13)14/h1-4,11H2,(H,13,14)(H,15,16)(H4,9,10,12)/t8-/m1/s1. The summed E-state index contributed by atoms with van der Waals surface area (Å²) in [6, 6.07) is 0. The molecule has 0 amide bonds. The predicted octanol–water partition coefficient (Wildman–Crippen LogP) is -1.70. The van der Waals surface area contributed by atoms with E-state index in [1.807, 2.05) is 0 Å². The van der Waals surface area contributed by atoms with Gasteiger partial charge in [-0.3, -0.25) is 14.6 Å². The monoisotopic (exact) mass is 232 g/mol. The Balaban J connectivity index is 4.29. The minimum absolute atomic E-state index is 0.00852. The molecule has 0 spiro atoms. The van der Waals surface area contributed by atoms with Crippen molar-refractivity contribution in [2.45, 2.75) is 24.8 Å². The van der Waals surface area contributed by atoms with Gasteiger partial charge in [-0.15, -0.1) is 0 Å². The number of aliphatic carboxylic acids is 2. The molecule has 8 N–H and O–H groups in total. The van der Waals surface area contributed by atoms with Crippen LogP contribution in [-0.4, -0.2) is 40.2 Å². The van der Waals surface area contributed by atoms with E-state index in [2.05, 4.69) is 4.99 Å². The molecule has 0 saturated carbocycles. The molecule has 0 radical (unpaired) electrons. The van der Waals surface area contributed by atoms with Gasteiger partial charge in [-0.1, -0.05) is 0 Å². The number of carbonyl (C=O) groups is 2. The average Bonchev–Trinajstić information content (AvgIpc) is 2.10. The van der Waals surface area contributed by atoms with Crippen LogP contribution in [0.15, 0.2) is 4.99 Å². The van der Waals surface area contributed by atoms with Gasteiger partial charge >= 0.3 is 11.9 Å². The summed E-state index contributed by atoms with van der Waals surface area (Å²) in [5.74, 6) is -2.71. The third-order valence-electron chi connectivity index (χ3n) is 1.97. The van der Waals surface area contributed by atoms with Gasteiger partial charge in [0.05, 0.1) is 6.42 Å². The molecule has 0 aromatic carbocycles. The number of carboxylic acids is 2. The number of nitrogens with zero attached hydrogens (tertiary/aromatic N) is 1. The van der Waals surface area contributed by atoms with Crippen LogP contribution in [0.1, 0.15) is 19.3 Å². The van der Waals surface area contributed by atoms with Crippen molar-refractivity contribution in [2.75, 3.05) is 6.54 Å². The van der Waals surface area contributed by atoms with E-state index in [1.165, 1.54) is 0 Å². The highest BCUT2D eigenvalue weighted by Gasteiger charge is 2.35. The molecule has 0 rings (SSSR count). The van der Waals surface area contributed by atoms with Crippen molar-refractivity contribution in [1.82, 2.24) is 0 Å². The molecule has 0 aliphatic heterocycles. The van der Waals surface area contributed by atoms with Gasteiger partial charge in [-0.05, 0) is 12.8 Å². The Labute approximate surface area is 92.1 Å². The van der Waals surface area contributed by atoms with Crippen LogP contribution in [0.5, 0.6) is 0 Å². The second-order valence-electron chi connectivity index (χ2n) is 3.44. The van der Waals surface area contributed by atoms with Gasteiger partial charge in [0.25, 0.3) is 0 Å². The zero-order valence-electron chi connectivity index (χ0n) is 8.72. The van der Waals surface area contributed by atoms with Crippen LogP contribution in [0.2, 0.25) is 0 Å². The van der Waals surface area contributed by atoms with Gasteiger partial charge < -0.3 is 27.4 Å². The molecule has 0 aromatic rings. The van der Waals surface area contributed by atoms with Crippen molar-refractivity contribution in [3.63, 3.8) is 0 Å². The first-order valence-corrected chi connectivity index (χ1v) is 4.57. The summed E-state index contributed by atoms with van der Waals surface area (Å²) in [6.07, 6.45) is -0.344. The number of aliphatic imine (C=N–C) groups is 1. The maximum Gasteiger partial charge on any atom is 0.324 e. The molecular formula is C8H16N4O4. The molecule has 16 heavy (non-hydrogen) atoms. The first kappa shape index (κ1) is 14.2. The number of rotatable bonds is 7. The van der Waals surface area contributed by atoms with Crippen LogP contribution in [-0.2, 0) is 9.59 Å². The van der Waals surface area contributed by atoms with E-state index >= 15 is 0 Å². The second-order valence-corrected chi connectivity index (χ2v) is 3.44. The Hall–Kier alpha value is -1.83. The van der Waals surface area contributed by atoms with E-state index in [0.29, 0.717) is 6.42 Å². The van der Waals surface area contributed by atoms with Gasteiger partial charge in [0.2, 0.25) is 0 Å². The van der Waals surface area contributed by atoms with Crippen molar-refractivity contribution < 1.29 is 19.8 Å². The smallest absolute Gasteiger partial charge is 0.324 e. The van der Waals surface area contributed by atoms with E-state index in [1.54, 1.807) is 0 Å². The summed E-state index contributed by atoms with van der Waals surface area (Å²) < 4.78 is 0. The molecule has 0 bridgehead atoms. The first-order valence-electron chi connectivity index (χ1n) is 4.57. The fourth-order valence-electron chi connectivity index (χ4n) is 1.14. The van der Waals surface area contributed by atoms with Gasteiger partial charge in [0.15, 0.2) is 5.96 Å². The Morgan fingerprint density at radius 3 is 2.19 bits per heavy atom. The lowest BCUT2D eigenvalue weighted by Gasteiger charge is -2.22. The SMILES string of the molecule is NC(N)=NCCC[C@@](N)(CC(=O)O)C(=O)O. The molecule has 0 aliphatic rings. The second kappa shape index (κ2) is 5.91. The minimum Gasteiger partial charge on any atom is -0.481 e. The summed E-state index contributed by atoms with van der Waals surface area (Å²) in [5, 5.41) is 17.3. The maximum atomic E-state index is 10.8. The van der Waals surface area contributed by atoms with E-state index in [-0.39, 0.29) is 18.9 Å². The van der Waals surface area contributed by atoms with E-state index in [9.17, 15) is 9.59 Å². The molecule has 0 fully saturated rings. The van der Waals surface area contributed by atoms with Crippen LogP contribution in [0.4, 0.5) is 0 Å². The lowest BCUT2D eigenvalue weighted by atomic mass is 9.91. The number of nitrogens with two attached hydrogens (primary N) is 3. The number of hydrogen-bond acceptors (Lipinski definition) is 4. The third-order valence-corrected chi connectivity index (χ3v) is 1.97. The molecule has 0 saturated heterocycles. The van der Waals surface area contributed by atoms with E-state index in [0.717, 1.165) is 0 Å². The summed E-state index contributed by atoms with van der Waals surface area (Å²) in [4.78, 5) is 24.9. The van der Waals surface area contributed by atoms with Crippen molar-refractivity contribution in [1.29, 1.82) is 0 Å². The Kier molecular flexibility index (Phi) is 5.23. The quantitative estimate of drug-likeness (QED) is 0.198. The van der Waals surface area contributed by atoms with Crippen molar-refractivity contribution >= 4 is 17.9 Å². The van der Waals surface area contributed by atoms with Crippen LogP contribution in [0, 0.1) is 0 Å². The van der Waals surface area contributed by atoms with Gasteiger partial charge in [-0.25, -0.2) is 0 Å². The van der Waals surface area contributed by atoms with Crippen LogP contribution in [0.25, 0.3) is 0 Å². The van der Waals surface area contributed by atoms with Crippen LogP contribution >= 0.6 is 0 Å². The fourth-order valence-corrected chi connectivity index (χ4v) is 1.14. The Bertz CT molecular complexity index is 300. The molecule has 0 unspecified atom stereocenters. The lowest BCUT2D eigenvalue weighted by molar-refractivity contribution is -0.150. The van der Waals surface area contributed by atoms with Crippen LogP contribution in [0.3, 0.4) is 0 Å². The Morgan fingerprint density at radius 1 is 1.25 bits per heavy atom. The van der Waals surface area contributed by atoms with Gasteiger partial charge in [0.1, 0.15) is 5.54 Å². The van der Waals surface area contributed by atoms with Crippen molar-refractivity contribution in [2.24, 2.45) is 22.2 Å². The van der Waals surface area contributed by atoms with Crippen LogP contribution < -0.4 is 17.2 Å². The average molecular weight is 232 g/mol. The number of hydrogen-bond donors (Lipinski definition) is 5. The zero-order chi connectivity index (χ0) is 12.8. The van der Waals surface area contributed by atoms with Gasteiger partial charge in [-0.2, -0.15) is 0 Å². The molecule has 8 heteroatoms. The predicted molar refractivity (Wildman–Crippen MR) is 56.7 cm³/mol. The summed E-state index contributed by atoms with van der Waals surface area (Å²) in [6.45, 7) is 0.216. The molecule has 0 aliphatic carbocycles. The third kappa shape index (κ3) is 5.15. The number of guanidine groups is 1. The summed E-state index contributed by atoms with van der Waals surface area (Å²) in [5.41, 5.74) is 13.8. The minimum atomic E-state index is -1.77. The van der Waals surface area contributed by atoms with Gasteiger partial charge in [0, 0.05) is 6.54 Å². The Morgan fingerprint density at radius 2 is 1.81 bits per heavy atom. The number of carboxylic acid groups (broad SMARTS) is 2. The normalized spacial score (nSPS) is 13.8. The highest BCUT2D eigenvalue weighted by Crippen LogP contribution is 2.15. The highest BCUT2D eigenvalue weighted by molar-refractivity contribution is 5.84. The molecule has 0 aromatic heterocycles. The molecule has 1 atom stereocenters. The molecule has 92 valence electrons. The molecule has 8 nitrogen and oxygen atoms in total. The lowest BCUT2D eigenvalue weighted by Crippen LogP contribution is -2.49.